The van der Waals surface area contributed by atoms with Gasteiger partial charge in [0.1, 0.15) is 5.92 Å². The maximum Gasteiger partial charge on any atom is 0.274 e. The number of fused-ring (bicyclic) bond motifs is 1. The Hall–Kier alpha value is -3.25. The molecule has 2 aliphatic rings. The Bertz CT molecular complexity index is 1010. The molecule has 0 amide bonds. The summed E-state index contributed by atoms with van der Waals surface area (Å²) < 4.78 is 0. The Kier molecular flexibility index (Phi) is 4.91. The zero-order chi connectivity index (χ0) is 20.6. The molecule has 140 valence electrons. The summed E-state index contributed by atoms with van der Waals surface area (Å²) >= 11 is 5.94. The van der Waals surface area contributed by atoms with Crippen LogP contribution in [0.25, 0.3) is 0 Å². The second kappa shape index (κ2) is 7.05. The highest BCUT2D eigenvalue weighted by atomic mass is 35.5. The Morgan fingerprint density at radius 2 is 2.04 bits per heavy atom. The van der Waals surface area contributed by atoms with Crippen molar-refractivity contribution in [2.24, 2.45) is 17.3 Å². The van der Waals surface area contributed by atoms with Crippen LogP contribution in [0.1, 0.15) is 11.5 Å². The van der Waals surface area contributed by atoms with Crippen molar-refractivity contribution in [3.05, 3.63) is 50.5 Å². The van der Waals surface area contributed by atoms with E-state index in [0.717, 1.165) is 4.90 Å². The fourth-order valence-corrected chi connectivity index (χ4v) is 4.50. The monoisotopic (exact) mass is 395 g/mol. The lowest BCUT2D eigenvalue weighted by molar-refractivity contribution is -0.878. The summed E-state index contributed by atoms with van der Waals surface area (Å²) in [6, 6.07) is 10.0. The van der Waals surface area contributed by atoms with Gasteiger partial charge in [-0.15, -0.1) is 0 Å². The predicted molar refractivity (Wildman–Crippen MR) is 99.5 cm³/mol. The Labute approximate surface area is 166 Å². The van der Waals surface area contributed by atoms with E-state index in [1.807, 2.05) is 25.3 Å². The van der Waals surface area contributed by atoms with Crippen LogP contribution in [-0.4, -0.2) is 30.8 Å². The Morgan fingerprint density at radius 3 is 2.61 bits per heavy atom. The molecule has 1 fully saturated rings. The number of quaternary nitrogens is 1. The molecule has 8 nitrogen and oxygen atoms in total. The van der Waals surface area contributed by atoms with Crippen molar-refractivity contribution in [2.75, 3.05) is 20.1 Å². The molecule has 9 heteroatoms. The standard InChI is InChI=1S/C19H15ClN6O2/c1-25-5-4-12-14(7-21)18(24)19(9-22,10-23)17(15(12)8-25)13-3-2-11(20)6-16(13)26(27)28/h2-4,6,14-15,17,24H,5,8H2,1H3/p+1/t14?,15-,17+/m0/s1. The fourth-order valence-electron chi connectivity index (χ4n) is 4.34. The first kappa shape index (κ1) is 19.5. The molecule has 2 unspecified atom stereocenters. The first-order valence-electron chi connectivity index (χ1n) is 8.56. The number of nitrogens with one attached hydrogen (secondary N) is 2. The highest BCUT2D eigenvalue weighted by Crippen LogP contribution is 2.54. The molecule has 1 heterocycles. The summed E-state index contributed by atoms with van der Waals surface area (Å²) in [5.74, 6) is -2.38. The van der Waals surface area contributed by atoms with E-state index in [9.17, 15) is 25.9 Å². The second-order valence-corrected chi connectivity index (χ2v) is 7.56. The third-order valence-electron chi connectivity index (χ3n) is 5.60. The highest BCUT2D eigenvalue weighted by molar-refractivity contribution is 6.30. The van der Waals surface area contributed by atoms with Gasteiger partial charge in [0.05, 0.1) is 49.0 Å². The Morgan fingerprint density at radius 1 is 1.36 bits per heavy atom. The molecule has 1 saturated carbocycles. The number of likely N-dealkylation sites (N-methyl/N-ethyl adjacent to an activating group) is 1. The van der Waals surface area contributed by atoms with E-state index < -0.39 is 28.1 Å². The van der Waals surface area contributed by atoms with Gasteiger partial charge >= 0.3 is 0 Å². The molecule has 2 N–H and O–H groups in total. The summed E-state index contributed by atoms with van der Waals surface area (Å²) in [6.45, 7) is 1.13. The average molecular weight is 396 g/mol. The van der Waals surface area contributed by atoms with Gasteiger partial charge < -0.3 is 10.3 Å². The molecule has 4 atom stereocenters. The van der Waals surface area contributed by atoms with E-state index in [4.69, 9.17) is 17.0 Å². The number of benzene rings is 1. The number of nitro benzene ring substituents is 1. The normalized spacial score (nSPS) is 28.1. The summed E-state index contributed by atoms with van der Waals surface area (Å²) in [5, 5.41) is 49.9. The zero-order valence-corrected chi connectivity index (χ0v) is 15.7. The third kappa shape index (κ3) is 2.73. The van der Waals surface area contributed by atoms with Gasteiger partial charge in [0.25, 0.3) is 5.69 Å². The number of nitro groups is 1. The van der Waals surface area contributed by atoms with Crippen LogP contribution in [0.3, 0.4) is 0 Å². The van der Waals surface area contributed by atoms with Crippen LogP contribution in [-0.2, 0) is 0 Å². The number of hydrogen-bond donors (Lipinski definition) is 2. The van der Waals surface area contributed by atoms with Crippen LogP contribution in [0.4, 0.5) is 5.69 Å². The van der Waals surface area contributed by atoms with Crippen molar-refractivity contribution in [3.8, 4) is 18.2 Å². The van der Waals surface area contributed by atoms with E-state index in [1.165, 1.54) is 18.2 Å². The molecule has 1 aliphatic carbocycles. The van der Waals surface area contributed by atoms with Gasteiger partial charge in [-0.3, -0.25) is 10.1 Å². The van der Waals surface area contributed by atoms with Crippen LogP contribution < -0.4 is 4.90 Å². The van der Waals surface area contributed by atoms with Crippen LogP contribution in [0.2, 0.25) is 5.02 Å². The van der Waals surface area contributed by atoms with E-state index in [-0.39, 0.29) is 22.0 Å². The maximum absolute atomic E-state index is 11.7. The van der Waals surface area contributed by atoms with Gasteiger partial charge in [-0.2, -0.15) is 15.8 Å². The predicted octanol–water partition coefficient (Wildman–Crippen LogP) is 1.61. The van der Waals surface area contributed by atoms with Gasteiger partial charge in [-0.25, -0.2) is 0 Å². The fraction of sp³-hybridized carbons (Fsp3) is 0.368. The van der Waals surface area contributed by atoms with Crippen LogP contribution >= 0.6 is 11.6 Å². The first-order valence-corrected chi connectivity index (χ1v) is 8.94. The van der Waals surface area contributed by atoms with Crippen molar-refractivity contribution in [2.45, 2.75) is 5.92 Å². The summed E-state index contributed by atoms with van der Waals surface area (Å²) in [5.41, 5.74) is -1.74. The molecule has 0 bridgehead atoms. The number of nitriles is 3. The molecule has 0 saturated heterocycles. The van der Waals surface area contributed by atoms with Gasteiger partial charge in [-0.05, 0) is 17.7 Å². The van der Waals surface area contributed by atoms with E-state index in [2.05, 4.69) is 6.07 Å². The lowest BCUT2D eigenvalue weighted by Gasteiger charge is -2.45. The van der Waals surface area contributed by atoms with Gasteiger partial charge in [-0.1, -0.05) is 17.7 Å². The third-order valence-corrected chi connectivity index (χ3v) is 5.84. The number of rotatable bonds is 2. The molecule has 0 aromatic heterocycles. The zero-order valence-electron chi connectivity index (χ0n) is 14.9. The molecule has 28 heavy (non-hydrogen) atoms. The highest BCUT2D eigenvalue weighted by Gasteiger charge is 2.59. The van der Waals surface area contributed by atoms with Crippen LogP contribution in [0, 0.1) is 66.8 Å². The minimum atomic E-state index is -1.97. The molecule has 1 aliphatic heterocycles. The van der Waals surface area contributed by atoms with Gasteiger partial charge in [0, 0.05) is 28.5 Å². The number of nitrogens with zero attached hydrogens (tertiary/aromatic N) is 4. The Balaban J connectivity index is 2.35. The van der Waals surface area contributed by atoms with Crippen molar-refractivity contribution in [3.63, 3.8) is 0 Å². The number of halogens is 1. The molecular weight excluding hydrogens is 380 g/mol. The smallest absolute Gasteiger partial charge is 0.274 e. The molecule has 0 radical (unpaired) electrons. The summed E-state index contributed by atoms with van der Waals surface area (Å²) in [6.07, 6.45) is 1.86. The molecular formula is C19H16ClN6O2+. The second-order valence-electron chi connectivity index (χ2n) is 7.12. The molecule has 3 rings (SSSR count). The lowest BCUT2D eigenvalue weighted by atomic mass is 9.54. The topological polar surface area (TPSA) is 143 Å². The lowest BCUT2D eigenvalue weighted by Crippen LogP contribution is -3.10. The van der Waals surface area contributed by atoms with Crippen molar-refractivity contribution >= 4 is 23.0 Å². The maximum atomic E-state index is 11.7. The van der Waals surface area contributed by atoms with Crippen molar-refractivity contribution in [1.82, 2.24) is 0 Å². The largest absolute Gasteiger partial charge is 0.334 e. The van der Waals surface area contributed by atoms with E-state index in [0.29, 0.717) is 18.7 Å². The van der Waals surface area contributed by atoms with Crippen LogP contribution in [0.15, 0.2) is 29.8 Å². The quantitative estimate of drug-likeness (QED) is 0.444. The summed E-state index contributed by atoms with van der Waals surface area (Å²) in [4.78, 5) is 12.2. The summed E-state index contributed by atoms with van der Waals surface area (Å²) in [7, 11) is 1.93. The van der Waals surface area contributed by atoms with Gasteiger partial charge in [0.15, 0.2) is 5.41 Å². The average Bonchev–Trinajstić information content (AvgIpc) is 2.67. The molecule has 0 spiro atoms. The number of hydrogen-bond acceptors (Lipinski definition) is 6. The van der Waals surface area contributed by atoms with Crippen molar-refractivity contribution < 1.29 is 9.82 Å². The van der Waals surface area contributed by atoms with Crippen LogP contribution in [0.5, 0.6) is 0 Å². The van der Waals surface area contributed by atoms with E-state index in [1.54, 1.807) is 0 Å². The van der Waals surface area contributed by atoms with E-state index >= 15 is 0 Å². The molecule has 1 aromatic rings. The minimum Gasteiger partial charge on any atom is -0.334 e. The van der Waals surface area contributed by atoms with Crippen molar-refractivity contribution in [1.29, 1.82) is 21.2 Å². The SMILES string of the molecule is C[NH+]1CC=C2C(C#N)C(=N)C(C#N)(C#N)[C@H](c3ccc(Cl)cc3[N+](=O)[O-])[C@H]2C1. The first-order chi connectivity index (χ1) is 13.3. The minimum absolute atomic E-state index is 0.165. The molecule has 1 aromatic carbocycles. The van der Waals surface area contributed by atoms with Gasteiger partial charge in [0.2, 0.25) is 0 Å².